The molecule has 3 N–H and O–H groups in total. The predicted octanol–water partition coefficient (Wildman–Crippen LogP) is 3.82. The zero-order chi connectivity index (χ0) is 20.1. The maximum atomic E-state index is 11.7. The lowest BCUT2D eigenvalue weighted by Gasteiger charge is -2.18. The fraction of sp³-hybridized carbons (Fsp3) is 0.429. The van der Waals surface area contributed by atoms with Crippen molar-refractivity contribution in [2.45, 2.75) is 46.1 Å². The van der Waals surface area contributed by atoms with Crippen LogP contribution in [0.15, 0.2) is 34.7 Å². The maximum Gasteiger partial charge on any atom is 0.320 e. The second kappa shape index (κ2) is 8.86. The van der Waals surface area contributed by atoms with Gasteiger partial charge in [0, 0.05) is 12.1 Å². The van der Waals surface area contributed by atoms with Gasteiger partial charge in [-0.15, -0.1) is 0 Å². The van der Waals surface area contributed by atoms with E-state index in [2.05, 4.69) is 11.4 Å². The number of furan rings is 1. The van der Waals surface area contributed by atoms with Gasteiger partial charge >= 0.3 is 11.9 Å². The van der Waals surface area contributed by atoms with Gasteiger partial charge < -0.3 is 19.9 Å². The molecular weight excluding hydrogens is 346 g/mol. The van der Waals surface area contributed by atoms with Crippen LogP contribution in [0.5, 0.6) is 0 Å². The molecule has 0 radical (unpaired) electrons. The van der Waals surface area contributed by atoms with E-state index in [4.69, 9.17) is 4.42 Å². The zero-order valence-electron chi connectivity index (χ0n) is 16.2. The largest absolute Gasteiger partial charge is 0.481 e. The lowest BCUT2D eigenvalue weighted by molar-refractivity contribution is -0.142. The Morgan fingerprint density at radius 3 is 2.19 bits per heavy atom. The minimum Gasteiger partial charge on any atom is -0.481 e. The smallest absolute Gasteiger partial charge is 0.320 e. The van der Waals surface area contributed by atoms with Crippen LogP contribution in [0.2, 0.25) is 0 Å². The van der Waals surface area contributed by atoms with E-state index in [9.17, 15) is 19.8 Å². The van der Waals surface area contributed by atoms with Crippen molar-refractivity contribution < 1.29 is 24.2 Å². The first-order valence-electron chi connectivity index (χ1n) is 9.04. The van der Waals surface area contributed by atoms with Gasteiger partial charge in [0.15, 0.2) is 0 Å². The Bertz CT molecular complexity index is 788. The number of aliphatic carboxylic acids is 2. The van der Waals surface area contributed by atoms with E-state index in [1.54, 1.807) is 12.1 Å². The molecule has 2 unspecified atom stereocenters. The molecule has 0 spiro atoms. The Morgan fingerprint density at radius 1 is 1.04 bits per heavy atom. The number of rotatable bonds is 9. The molecule has 27 heavy (non-hydrogen) atoms. The quantitative estimate of drug-likeness (QED) is 0.618. The molecule has 0 saturated carbocycles. The van der Waals surface area contributed by atoms with Gasteiger partial charge in [0.25, 0.3) is 0 Å². The number of hydrogen-bond donors (Lipinski definition) is 3. The molecule has 6 heteroatoms. The summed E-state index contributed by atoms with van der Waals surface area (Å²) in [4.78, 5) is 23.1. The van der Waals surface area contributed by atoms with Crippen LogP contribution in [0.3, 0.4) is 0 Å². The van der Waals surface area contributed by atoms with E-state index >= 15 is 0 Å². The van der Waals surface area contributed by atoms with Crippen LogP contribution in [0.1, 0.15) is 43.1 Å². The number of aryl methyl sites for hydroxylation is 2. The minimum absolute atomic E-state index is 0.0151. The fourth-order valence-electron chi connectivity index (χ4n) is 3.12. The molecule has 1 aromatic heterocycles. The minimum atomic E-state index is -1.06. The molecule has 0 aliphatic carbocycles. The highest BCUT2D eigenvalue weighted by Gasteiger charge is 2.27. The van der Waals surface area contributed by atoms with Gasteiger partial charge in [-0.25, -0.2) is 0 Å². The summed E-state index contributed by atoms with van der Waals surface area (Å²) in [6.45, 7) is 7.82. The average molecular weight is 373 g/mol. The third kappa shape index (κ3) is 5.69. The molecule has 2 aromatic rings. The highest BCUT2D eigenvalue weighted by atomic mass is 16.4. The van der Waals surface area contributed by atoms with Crippen molar-refractivity contribution in [3.8, 4) is 11.3 Å². The Labute approximate surface area is 159 Å². The summed E-state index contributed by atoms with van der Waals surface area (Å²) in [5, 5.41) is 21.8. The molecule has 0 bridgehead atoms. The molecule has 146 valence electrons. The Kier molecular flexibility index (Phi) is 6.80. The number of benzene rings is 1. The second-order valence-corrected chi connectivity index (χ2v) is 7.40. The monoisotopic (exact) mass is 373 g/mol. The summed E-state index contributed by atoms with van der Waals surface area (Å²) in [5.74, 6) is -1.92. The van der Waals surface area contributed by atoms with Gasteiger partial charge in [0.1, 0.15) is 23.5 Å². The van der Waals surface area contributed by atoms with Crippen molar-refractivity contribution in [1.29, 1.82) is 0 Å². The molecule has 0 fully saturated rings. The summed E-state index contributed by atoms with van der Waals surface area (Å²) < 4.78 is 5.81. The highest BCUT2D eigenvalue weighted by Crippen LogP contribution is 2.28. The van der Waals surface area contributed by atoms with Crippen LogP contribution in [-0.2, 0) is 9.59 Å². The van der Waals surface area contributed by atoms with E-state index in [0.717, 1.165) is 16.7 Å². The molecule has 0 aliphatic rings. The Balaban J connectivity index is 2.19. The summed E-state index contributed by atoms with van der Waals surface area (Å²) in [6, 6.07) is 8.62. The van der Waals surface area contributed by atoms with Crippen LogP contribution < -0.4 is 5.32 Å². The van der Waals surface area contributed by atoms with Gasteiger partial charge in [0.05, 0.1) is 0 Å². The summed E-state index contributed by atoms with van der Waals surface area (Å²) in [7, 11) is 0. The average Bonchev–Trinajstić information content (AvgIpc) is 3.02. The first-order valence-corrected chi connectivity index (χ1v) is 9.04. The topological polar surface area (TPSA) is 99.8 Å². The SMILES string of the molecule is Cc1cc(C)cc(-c2ccc(C(CNC(CC(C)C)C(=O)O)C(=O)O)o2)c1. The molecule has 1 aromatic carbocycles. The van der Waals surface area contributed by atoms with Crippen LogP contribution >= 0.6 is 0 Å². The Hall–Kier alpha value is -2.60. The van der Waals surface area contributed by atoms with Crippen molar-refractivity contribution in [3.63, 3.8) is 0 Å². The molecule has 2 rings (SSSR count). The number of hydrogen-bond acceptors (Lipinski definition) is 4. The van der Waals surface area contributed by atoms with Crippen molar-refractivity contribution in [2.75, 3.05) is 6.54 Å². The standard InChI is InChI=1S/C21H27NO5/c1-12(2)7-17(21(25)26)22-11-16(20(23)24)19-6-5-18(27-19)15-9-13(3)8-14(4)10-15/h5-6,8-10,12,16-17,22H,7,11H2,1-4H3,(H,23,24)(H,25,26). The second-order valence-electron chi connectivity index (χ2n) is 7.40. The van der Waals surface area contributed by atoms with Gasteiger partial charge in [-0.05, 0) is 50.5 Å². The summed E-state index contributed by atoms with van der Waals surface area (Å²) >= 11 is 0. The molecule has 1 heterocycles. The third-order valence-corrected chi connectivity index (χ3v) is 4.35. The zero-order valence-corrected chi connectivity index (χ0v) is 16.2. The molecule has 0 amide bonds. The number of nitrogens with one attached hydrogen (secondary N) is 1. The van der Waals surface area contributed by atoms with Gasteiger partial charge in [-0.1, -0.05) is 31.0 Å². The number of carboxylic acid groups (broad SMARTS) is 2. The Morgan fingerprint density at radius 2 is 1.67 bits per heavy atom. The summed E-state index contributed by atoms with van der Waals surface area (Å²) in [5.41, 5.74) is 3.08. The summed E-state index contributed by atoms with van der Waals surface area (Å²) in [6.07, 6.45) is 0.424. The predicted molar refractivity (Wildman–Crippen MR) is 103 cm³/mol. The number of carboxylic acids is 2. The van der Waals surface area contributed by atoms with Crippen molar-refractivity contribution >= 4 is 11.9 Å². The van der Waals surface area contributed by atoms with Crippen molar-refractivity contribution in [2.24, 2.45) is 5.92 Å². The normalized spacial score (nSPS) is 13.5. The van der Waals surface area contributed by atoms with E-state index < -0.39 is 23.9 Å². The number of carbonyl (C=O) groups is 2. The maximum absolute atomic E-state index is 11.7. The lowest BCUT2D eigenvalue weighted by Crippen LogP contribution is -2.41. The van der Waals surface area contributed by atoms with Crippen molar-refractivity contribution in [3.05, 3.63) is 47.2 Å². The third-order valence-electron chi connectivity index (χ3n) is 4.35. The van der Waals surface area contributed by atoms with Crippen LogP contribution in [0, 0.1) is 19.8 Å². The molecular formula is C21H27NO5. The van der Waals surface area contributed by atoms with Gasteiger partial charge in [-0.2, -0.15) is 0 Å². The first-order chi connectivity index (χ1) is 12.7. The molecule has 6 nitrogen and oxygen atoms in total. The van der Waals surface area contributed by atoms with Crippen LogP contribution in [0.4, 0.5) is 0 Å². The first kappa shape index (κ1) is 20.7. The van der Waals surface area contributed by atoms with Crippen molar-refractivity contribution in [1.82, 2.24) is 5.32 Å². The van der Waals surface area contributed by atoms with E-state index in [1.165, 1.54) is 0 Å². The lowest BCUT2D eigenvalue weighted by atomic mass is 10.0. The molecule has 0 saturated heterocycles. The van der Waals surface area contributed by atoms with Gasteiger partial charge in [-0.3, -0.25) is 9.59 Å². The van der Waals surface area contributed by atoms with E-state index in [0.29, 0.717) is 17.9 Å². The van der Waals surface area contributed by atoms with E-state index in [1.807, 2.05) is 39.8 Å². The molecule has 0 aliphatic heterocycles. The molecule has 2 atom stereocenters. The highest BCUT2D eigenvalue weighted by molar-refractivity contribution is 5.77. The van der Waals surface area contributed by atoms with E-state index in [-0.39, 0.29) is 12.5 Å². The van der Waals surface area contributed by atoms with Gasteiger partial charge in [0.2, 0.25) is 0 Å². The van der Waals surface area contributed by atoms with Crippen LogP contribution in [-0.4, -0.2) is 34.7 Å². The fourth-order valence-corrected chi connectivity index (χ4v) is 3.12. The van der Waals surface area contributed by atoms with Crippen LogP contribution in [0.25, 0.3) is 11.3 Å².